The van der Waals surface area contributed by atoms with Crippen molar-refractivity contribution in [2.24, 2.45) is 11.1 Å². The summed E-state index contributed by atoms with van der Waals surface area (Å²) in [4.78, 5) is 12.1. The molecule has 0 aromatic heterocycles. The van der Waals surface area contributed by atoms with Gasteiger partial charge in [0, 0.05) is 19.8 Å². The Morgan fingerprint density at radius 2 is 2.00 bits per heavy atom. The summed E-state index contributed by atoms with van der Waals surface area (Å²) in [5.74, 6) is -0.112. The van der Waals surface area contributed by atoms with Crippen molar-refractivity contribution >= 4 is 5.91 Å². The number of carbonyl (C=O) groups excluding carboxylic acids is 1. The number of carbonyl (C=O) groups is 1. The predicted molar refractivity (Wildman–Crippen MR) is 74.5 cm³/mol. The normalized spacial score (nSPS) is 19.7. The number of hydrogen-bond acceptors (Lipinski definition) is 3. The van der Waals surface area contributed by atoms with Gasteiger partial charge in [0.05, 0.1) is 0 Å². The molecule has 1 fully saturated rings. The minimum Gasteiger partial charge on any atom is -0.381 e. The lowest BCUT2D eigenvalue weighted by atomic mass is 9.82. The molecule has 1 aromatic rings. The van der Waals surface area contributed by atoms with E-state index < -0.39 is 6.04 Å². The van der Waals surface area contributed by atoms with Crippen LogP contribution in [0.3, 0.4) is 0 Å². The van der Waals surface area contributed by atoms with Gasteiger partial charge in [-0.3, -0.25) is 4.79 Å². The van der Waals surface area contributed by atoms with Gasteiger partial charge in [-0.1, -0.05) is 37.3 Å². The van der Waals surface area contributed by atoms with Gasteiger partial charge in [-0.25, -0.2) is 0 Å². The molecule has 1 aliphatic heterocycles. The third kappa shape index (κ3) is 3.78. The zero-order valence-electron chi connectivity index (χ0n) is 11.4. The number of rotatable bonds is 4. The van der Waals surface area contributed by atoms with Crippen molar-refractivity contribution in [1.82, 2.24) is 5.32 Å². The Kier molecular flexibility index (Phi) is 4.56. The van der Waals surface area contributed by atoms with E-state index in [-0.39, 0.29) is 11.3 Å². The smallest absolute Gasteiger partial charge is 0.241 e. The fourth-order valence-electron chi connectivity index (χ4n) is 2.26. The summed E-state index contributed by atoms with van der Waals surface area (Å²) in [6.07, 6.45) is 1.96. The predicted octanol–water partition coefficient (Wildman–Crippen LogP) is 1.62. The van der Waals surface area contributed by atoms with Gasteiger partial charge >= 0.3 is 0 Å². The Morgan fingerprint density at radius 3 is 2.63 bits per heavy atom. The molecule has 3 N–H and O–H groups in total. The Hall–Kier alpha value is -1.39. The van der Waals surface area contributed by atoms with Crippen molar-refractivity contribution in [3.05, 3.63) is 35.9 Å². The average molecular weight is 262 g/mol. The number of amides is 1. The van der Waals surface area contributed by atoms with Gasteiger partial charge in [0.25, 0.3) is 0 Å². The summed E-state index contributed by atoms with van der Waals surface area (Å²) >= 11 is 0. The minimum absolute atomic E-state index is 0.112. The van der Waals surface area contributed by atoms with Crippen LogP contribution in [0.15, 0.2) is 30.3 Å². The van der Waals surface area contributed by atoms with E-state index in [4.69, 9.17) is 10.5 Å². The maximum atomic E-state index is 12.1. The molecule has 1 amide bonds. The van der Waals surface area contributed by atoms with Gasteiger partial charge in [0.15, 0.2) is 0 Å². The minimum atomic E-state index is -0.593. The highest BCUT2D eigenvalue weighted by Crippen LogP contribution is 2.28. The Morgan fingerprint density at radius 1 is 1.37 bits per heavy atom. The van der Waals surface area contributed by atoms with Crippen molar-refractivity contribution in [1.29, 1.82) is 0 Å². The monoisotopic (exact) mass is 262 g/mol. The molecule has 0 radical (unpaired) electrons. The van der Waals surface area contributed by atoms with Gasteiger partial charge in [-0.05, 0) is 23.8 Å². The summed E-state index contributed by atoms with van der Waals surface area (Å²) in [6.45, 7) is 4.40. The maximum Gasteiger partial charge on any atom is 0.241 e. The molecule has 1 heterocycles. The topological polar surface area (TPSA) is 64.4 Å². The summed E-state index contributed by atoms with van der Waals surface area (Å²) < 4.78 is 5.35. The molecule has 0 spiro atoms. The molecule has 0 saturated carbocycles. The molecule has 1 atom stereocenters. The lowest BCUT2D eigenvalue weighted by molar-refractivity contribution is -0.123. The van der Waals surface area contributed by atoms with Crippen LogP contribution in [0.1, 0.15) is 31.4 Å². The van der Waals surface area contributed by atoms with Crippen LogP contribution in [0.5, 0.6) is 0 Å². The molecular formula is C15H22N2O2. The molecule has 4 nitrogen and oxygen atoms in total. The van der Waals surface area contributed by atoms with Crippen LogP contribution in [0.25, 0.3) is 0 Å². The molecule has 2 rings (SSSR count). The molecule has 1 aliphatic rings. The van der Waals surface area contributed by atoms with Gasteiger partial charge in [0.1, 0.15) is 6.04 Å². The van der Waals surface area contributed by atoms with Crippen LogP contribution < -0.4 is 11.1 Å². The van der Waals surface area contributed by atoms with Gasteiger partial charge < -0.3 is 15.8 Å². The quantitative estimate of drug-likeness (QED) is 0.866. The first-order valence-electron chi connectivity index (χ1n) is 6.77. The Balaban J connectivity index is 1.87. The number of hydrogen-bond donors (Lipinski definition) is 2. The summed E-state index contributed by atoms with van der Waals surface area (Å²) in [5.41, 5.74) is 6.93. The zero-order valence-corrected chi connectivity index (χ0v) is 11.4. The Labute approximate surface area is 114 Å². The summed E-state index contributed by atoms with van der Waals surface area (Å²) in [5, 5.41) is 2.97. The second-order valence-electron chi connectivity index (χ2n) is 5.53. The molecule has 0 aliphatic carbocycles. The second-order valence-corrected chi connectivity index (χ2v) is 5.53. The fourth-order valence-corrected chi connectivity index (χ4v) is 2.26. The average Bonchev–Trinajstić information content (AvgIpc) is 2.46. The van der Waals surface area contributed by atoms with Gasteiger partial charge in [-0.15, -0.1) is 0 Å². The largest absolute Gasteiger partial charge is 0.381 e. The number of benzene rings is 1. The van der Waals surface area contributed by atoms with Crippen molar-refractivity contribution in [3.8, 4) is 0 Å². The first-order chi connectivity index (χ1) is 9.11. The van der Waals surface area contributed by atoms with E-state index in [1.54, 1.807) is 0 Å². The van der Waals surface area contributed by atoms with Crippen molar-refractivity contribution in [3.63, 3.8) is 0 Å². The third-order valence-corrected chi connectivity index (χ3v) is 3.83. The van der Waals surface area contributed by atoms with E-state index in [0.29, 0.717) is 6.54 Å². The van der Waals surface area contributed by atoms with E-state index in [9.17, 15) is 4.79 Å². The van der Waals surface area contributed by atoms with Gasteiger partial charge in [-0.2, -0.15) is 0 Å². The Bertz CT molecular complexity index is 413. The third-order valence-electron chi connectivity index (χ3n) is 3.83. The number of ether oxygens (including phenoxy) is 1. The first-order valence-corrected chi connectivity index (χ1v) is 6.77. The molecule has 104 valence electrons. The molecule has 1 saturated heterocycles. The SMILES string of the molecule is CC1(CNC(=O)[C@H](N)c2ccccc2)CCOCC1. The van der Waals surface area contributed by atoms with E-state index in [0.717, 1.165) is 31.6 Å². The van der Waals surface area contributed by atoms with Crippen molar-refractivity contribution in [2.45, 2.75) is 25.8 Å². The molecule has 4 heteroatoms. The van der Waals surface area contributed by atoms with Crippen LogP contribution >= 0.6 is 0 Å². The van der Waals surface area contributed by atoms with E-state index in [1.807, 2.05) is 30.3 Å². The number of nitrogens with two attached hydrogens (primary N) is 1. The highest BCUT2D eigenvalue weighted by molar-refractivity contribution is 5.82. The van der Waals surface area contributed by atoms with E-state index in [1.165, 1.54) is 0 Å². The van der Waals surface area contributed by atoms with E-state index >= 15 is 0 Å². The highest BCUT2D eigenvalue weighted by atomic mass is 16.5. The molecule has 0 unspecified atom stereocenters. The van der Waals surface area contributed by atoms with Crippen LogP contribution in [-0.4, -0.2) is 25.7 Å². The van der Waals surface area contributed by atoms with Crippen LogP contribution in [-0.2, 0) is 9.53 Å². The second kappa shape index (κ2) is 6.17. The van der Waals surface area contributed by atoms with Crippen LogP contribution in [0, 0.1) is 5.41 Å². The fraction of sp³-hybridized carbons (Fsp3) is 0.533. The maximum absolute atomic E-state index is 12.1. The van der Waals surface area contributed by atoms with Crippen molar-refractivity contribution < 1.29 is 9.53 Å². The van der Waals surface area contributed by atoms with Crippen LogP contribution in [0.2, 0.25) is 0 Å². The summed E-state index contributed by atoms with van der Waals surface area (Å²) in [7, 11) is 0. The summed E-state index contributed by atoms with van der Waals surface area (Å²) in [6, 6.07) is 8.85. The lowest BCUT2D eigenvalue weighted by Crippen LogP contribution is -2.42. The van der Waals surface area contributed by atoms with Gasteiger partial charge in [0.2, 0.25) is 5.91 Å². The number of nitrogens with one attached hydrogen (secondary N) is 1. The van der Waals surface area contributed by atoms with E-state index in [2.05, 4.69) is 12.2 Å². The molecule has 19 heavy (non-hydrogen) atoms. The first kappa shape index (κ1) is 14.0. The highest BCUT2D eigenvalue weighted by Gasteiger charge is 2.28. The lowest BCUT2D eigenvalue weighted by Gasteiger charge is -2.33. The molecule has 1 aromatic carbocycles. The standard InChI is InChI=1S/C15H22N2O2/c1-15(7-9-19-10-8-15)11-17-14(18)13(16)12-5-3-2-4-6-12/h2-6,13H,7-11,16H2,1H3,(H,17,18)/t13-/m1/s1. The van der Waals surface area contributed by atoms with Crippen molar-refractivity contribution in [2.75, 3.05) is 19.8 Å². The zero-order chi connectivity index (χ0) is 13.7. The van der Waals surface area contributed by atoms with Crippen LogP contribution in [0.4, 0.5) is 0 Å². The molecular weight excluding hydrogens is 240 g/mol. The molecule has 0 bridgehead atoms.